The van der Waals surface area contributed by atoms with Crippen LogP contribution in [0.4, 0.5) is 65.9 Å². The van der Waals surface area contributed by atoms with Crippen LogP contribution < -0.4 is 9.79 Å². The van der Waals surface area contributed by atoms with Gasteiger partial charge in [-0.25, -0.2) is 22.7 Å². The lowest BCUT2D eigenvalue weighted by Gasteiger charge is -2.35. The summed E-state index contributed by atoms with van der Waals surface area (Å²) in [4.78, 5) is 20.6. The Morgan fingerprint density at radius 3 is 0.942 bits per heavy atom. The Kier molecular flexibility index (Phi) is 21.2. The Bertz CT molecular complexity index is 1160. The monoisotopic (exact) mass is 874 g/mol. The van der Waals surface area contributed by atoms with Gasteiger partial charge in [-0.3, -0.25) is 4.31 Å². The molecule has 0 bridgehead atoms. The minimum atomic E-state index is -8.55. The number of alkyl halides is 15. The Labute approximate surface area is 286 Å². The number of ether oxygens (including phenoxy) is 2. The summed E-state index contributed by atoms with van der Waals surface area (Å²) in [7, 11) is -11.9. The zero-order valence-electron chi connectivity index (χ0n) is 28.0. The van der Waals surface area contributed by atoms with Gasteiger partial charge in [0.1, 0.15) is 13.1 Å². The molecule has 0 aromatic rings. The first-order chi connectivity index (χ1) is 22.5. The molecule has 0 saturated heterocycles. The summed E-state index contributed by atoms with van der Waals surface area (Å²) in [5, 5.41) is 0. The van der Waals surface area contributed by atoms with Crippen LogP contribution in [0.2, 0.25) is 0 Å². The Balaban J connectivity index is -0.00000108. The van der Waals surface area contributed by atoms with Crippen LogP contribution in [0.3, 0.4) is 0 Å². The molecule has 32 heteroatoms. The molecule has 0 aromatic heterocycles. The SMILES string of the molecule is CC[N+](C)(C)CCOC.CC[N+](C)(C)CCOC.O=P([O-])([O-])OP(=O)(OC(F)(F)C(F)(F)F)OP(=O)(OC(F)(F)C(F)(F)F)OC(F)(F)C(F)(F)F. The fourth-order valence-corrected chi connectivity index (χ4v) is 5.99. The van der Waals surface area contributed by atoms with Gasteiger partial charge in [0, 0.05) is 14.2 Å². The second kappa shape index (κ2) is 19.9. The second-order valence-corrected chi connectivity index (χ2v) is 15.3. The lowest BCUT2D eigenvalue weighted by Crippen LogP contribution is -2.42. The van der Waals surface area contributed by atoms with Gasteiger partial charge in [0.15, 0.2) is 0 Å². The number of methoxy groups -OCH3 is 2. The highest BCUT2D eigenvalue weighted by atomic mass is 31.3. The van der Waals surface area contributed by atoms with Crippen LogP contribution >= 0.6 is 23.5 Å². The first-order valence-electron chi connectivity index (χ1n) is 13.2. The van der Waals surface area contributed by atoms with Crippen LogP contribution in [0.1, 0.15) is 13.8 Å². The lowest BCUT2D eigenvalue weighted by molar-refractivity contribution is -0.888. The third-order valence-electron chi connectivity index (χ3n) is 5.58. The molecule has 0 saturated carbocycles. The van der Waals surface area contributed by atoms with Crippen molar-refractivity contribution in [2.75, 3.05) is 81.8 Å². The number of likely N-dealkylation sites (N-methyl/N-ethyl adjacent to an activating group) is 2. The minimum absolute atomic E-state index is 0.862. The number of rotatable bonds is 18. The third-order valence-corrected chi connectivity index (χ3v) is 10.1. The van der Waals surface area contributed by atoms with Crippen molar-refractivity contribution in [2.45, 2.75) is 50.7 Å². The van der Waals surface area contributed by atoms with E-state index in [0.717, 1.165) is 35.3 Å². The van der Waals surface area contributed by atoms with Crippen molar-refractivity contribution < 1.29 is 130 Å². The van der Waals surface area contributed by atoms with Crippen molar-refractivity contribution >= 4 is 23.5 Å². The topological polar surface area (TPSA) is 162 Å². The average Bonchev–Trinajstić information content (AvgIpc) is 2.87. The van der Waals surface area contributed by atoms with Gasteiger partial charge >= 0.3 is 52.5 Å². The van der Waals surface area contributed by atoms with E-state index in [4.69, 9.17) is 9.47 Å². The zero-order chi connectivity index (χ0) is 42.7. The molecule has 0 aliphatic heterocycles. The smallest absolute Gasteiger partial charge is 0.493 e. The molecule has 1 atom stereocenters. The molecule has 0 aliphatic rings. The summed E-state index contributed by atoms with van der Waals surface area (Å²) in [6.45, 7) is 10.7. The molecule has 0 radical (unpaired) electrons. The van der Waals surface area contributed by atoms with E-state index in [1.807, 2.05) is 13.6 Å². The maximum Gasteiger partial charge on any atom is 0.493 e. The van der Waals surface area contributed by atoms with E-state index >= 15 is 0 Å². The molecule has 14 nitrogen and oxygen atoms in total. The molecular formula is C20H36F15N2O12P3. The summed E-state index contributed by atoms with van der Waals surface area (Å²) < 4.78 is 242. The molecule has 0 heterocycles. The van der Waals surface area contributed by atoms with Gasteiger partial charge < -0.3 is 32.8 Å². The molecule has 0 aliphatic carbocycles. The molecule has 0 rings (SSSR count). The highest BCUT2D eigenvalue weighted by Gasteiger charge is 2.71. The standard InChI is InChI=1S/2C7H18NO.C6H2F15O10P3/c2*1-5-8(2,3)6-7-9-4;7-1(8,9)4(16,17)27-33(25,28-5(18,19)2(10,11)12)31-34(26,30-32(22,23)24)29-6(20,21)3(13,14)15/h2*5-7H2,1-4H3;(H2,22,23,24)/q2*+1;/p-2. The number of phosphoric acid groups is 3. The molecule has 0 aromatic carbocycles. The normalized spacial score (nSPS) is 15.6. The van der Waals surface area contributed by atoms with Crippen molar-refractivity contribution in [2.24, 2.45) is 0 Å². The van der Waals surface area contributed by atoms with E-state index in [1.54, 1.807) is 14.2 Å². The van der Waals surface area contributed by atoms with Crippen LogP contribution in [0.25, 0.3) is 0 Å². The Morgan fingerprint density at radius 2 is 0.750 bits per heavy atom. The number of phosphoric ester groups is 1. The summed E-state index contributed by atoms with van der Waals surface area (Å²) in [5.74, 6) is 0. The lowest BCUT2D eigenvalue weighted by atomic mass is 10.4. The van der Waals surface area contributed by atoms with Crippen LogP contribution in [0.5, 0.6) is 0 Å². The highest BCUT2D eigenvalue weighted by molar-refractivity contribution is 7.66. The summed E-state index contributed by atoms with van der Waals surface area (Å²) in [5.41, 5.74) is 0. The largest absolute Gasteiger partial charge is 0.789 e. The second-order valence-electron chi connectivity index (χ2n) is 10.8. The molecule has 0 fully saturated rings. The van der Waals surface area contributed by atoms with E-state index < -0.39 is 60.3 Å². The van der Waals surface area contributed by atoms with Crippen LogP contribution in [0, 0.1) is 0 Å². The molecule has 0 spiro atoms. The molecule has 318 valence electrons. The van der Waals surface area contributed by atoms with Gasteiger partial charge in [-0.05, 0) is 13.8 Å². The number of hydrogen-bond donors (Lipinski definition) is 0. The zero-order valence-corrected chi connectivity index (χ0v) is 30.7. The van der Waals surface area contributed by atoms with E-state index in [-0.39, 0.29) is 0 Å². The fourth-order valence-electron chi connectivity index (χ4n) is 1.91. The molecule has 52 heavy (non-hydrogen) atoms. The number of quaternary nitrogens is 2. The molecule has 1 unspecified atom stereocenters. The van der Waals surface area contributed by atoms with E-state index in [0.29, 0.717) is 0 Å². The first-order valence-corrected chi connectivity index (χ1v) is 17.6. The fraction of sp³-hybridized carbons (Fsp3) is 1.00. The molecule has 0 N–H and O–H groups in total. The maximum atomic E-state index is 12.9. The average molecular weight is 874 g/mol. The first kappa shape index (κ1) is 55.5. The highest BCUT2D eigenvalue weighted by Crippen LogP contribution is 2.74. The Hall–Kier alpha value is -0.800. The summed E-state index contributed by atoms with van der Waals surface area (Å²) in [6.07, 6.45) is -43.6. The third kappa shape index (κ3) is 21.9. The number of halogens is 15. The van der Waals surface area contributed by atoms with Crippen molar-refractivity contribution in [3.05, 3.63) is 0 Å². The maximum absolute atomic E-state index is 12.9. The van der Waals surface area contributed by atoms with Gasteiger partial charge in [0.05, 0.1) is 62.3 Å². The summed E-state index contributed by atoms with van der Waals surface area (Å²) >= 11 is 0. The van der Waals surface area contributed by atoms with Crippen LogP contribution in [-0.4, -0.2) is 128 Å². The van der Waals surface area contributed by atoms with Crippen molar-refractivity contribution in [3.8, 4) is 0 Å². The van der Waals surface area contributed by atoms with E-state index in [1.165, 1.54) is 13.1 Å². The van der Waals surface area contributed by atoms with Gasteiger partial charge in [-0.2, -0.15) is 70.2 Å². The quantitative estimate of drug-likeness (QED) is 0.0894. The van der Waals surface area contributed by atoms with Crippen molar-refractivity contribution in [3.63, 3.8) is 0 Å². The van der Waals surface area contributed by atoms with Crippen molar-refractivity contribution in [1.82, 2.24) is 0 Å². The molecule has 0 amide bonds. The Morgan fingerprint density at radius 1 is 0.500 bits per heavy atom. The number of nitrogens with zero attached hydrogens (tertiary/aromatic N) is 2. The van der Waals surface area contributed by atoms with E-state index in [2.05, 4.69) is 50.7 Å². The minimum Gasteiger partial charge on any atom is -0.789 e. The van der Waals surface area contributed by atoms with Crippen molar-refractivity contribution in [1.29, 1.82) is 0 Å². The van der Waals surface area contributed by atoms with Gasteiger partial charge in [0.2, 0.25) is 0 Å². The van der Waals surface area contributed by atoms with Gasteiger partial charge in [-0.1, -0.05) is 0 Å². The molecular weight excluding hydrogens is 838 g/mol. The van der Waals surface area contributed by atoms with E-state index in [9.17, 15) is 89.3 Å². The van der Waals surface area contributed by atoms with Crippen LogP contribution in [0.15, 0.2) is 0 Å². The number of hydrogen-bond acceptors (Lipinski definition) is 12. The van der Waals surface area contributed by atoms with Gasteiger partial charge in [0.25, 0.3) is 0 Å². The predicted molar refractivity (Wildman–Crippen MR) is 140 cm³/mol. The van der Waals surface area contributed by atoms with Gasteiger partial charge in [-0.15, -0.1) is 0 Å². The van der Waals surface area contributed by atoms with Crippen LogP contribution in [-0.2, 0) is 45.4 Å². The summed E-state index contributed by atoms with van der Waals surface area (Å²) in [6, 6.07) is 0. The predicted octanol–water partition coefficient (Wildman–Crippen LogP) is 6.04.